The number of hydrogen-bond donors (Lipinski definition) is 1. The maximum atomic E-state index is 13.2. The average Bonchev–Trinajstić information content (AvgIpc) is 2.69. The number of hydrogen-bond acceptors (Lipinski definition) is 2. The number of para-hydroxylation sites is 1. The Morgan fingerprint density at radius 2 is 1.56 bits per heavy atom. The zero-order chi connectivity index (χ0) is 17.2. The number of nitrogens with zero attached hydrogens (tertiary/aromatic N) is 1. The molecule has 0 radical (unpaired) electrons. The van der Waals surface area contributed by atoms with Crippen LogP contribution in [0.1, 0.15) is 34.6 Å². The van der Waals surface area contributed by atoms with Crippen LogP contribution in [0.4, 0.5) is 11.4 Å². The molecule has 1 atom stereocenters. The minimum Gasteiger partial charge on any atom is -0.360 e. The highest BCUT2D eigenvalue weighted by atomic mass is 16.2. The van der Waals surface area contributed by atoms with Crippen molar-refractivity contribution in [1.82, 2.24) is 0 Å². The molecule has 3 aromatic rings. The van der Waals surface area contributed by atoms with Gasteiger partial charge in [0.1, 0.15) is 6.17 Å². The normalized spacial score (nSPS) is 16.3. The number of carbonyl (C=O) groups excluding carboxylic acids is 1. The summed E-state index contributed by atoms with van der Waals surface area (Å²) in [4.78, 5) is 15.1. The molecule has 3 aromatic carbocycles. The van der Waals surface area contributed by atoms with Gasteiger partial charge in [0, 0.05) is 11.4 Å². The molecule has 1 aliphatic heterocycles. The maximum absolute atomic E-state index is 13.2. The first-order chi connectivity index (χ1) is 12.3. The summed E-state index contributed by atoms with van der Waals surface area (Å²) in [7, 11) is 0. The lowest BCUT2D eigenvalue weighted by Crippen LogP contribution is -2.43. The molecule has 0 saturated carbocycles. The molecule has 0 bridgehead atoms. The molecule has 25 heavy (non-hydrogen) atoms. The van der Waals surface area contributed by atoms with Crippen molar-refractivity contribution in [3.05, 3.63) is 95.6 Å². The molecule has 1 amide bonds. The van der Waals surface area contributed by atoms with Crippen molar-refractivity contribution in [3.8, 4) is 0 Å². The Kier molecular flexibility index (Phi) is 3.98. The van der Waals surface area contributed by atoms with Crippen LogP contribution in [-0.4, -0.2) is 5.91 Å². The topological polar surface area (TPSA) is 32.3 Å². The Balaban J connectivity index is 1.83. The lowest BCUT2D eigenvalue weighted by molar-refractivity contribution is 0.0975. The van der Waals surface area contributed by atoms with Crippen LogP contribution in [-0.2, 0) is 6.42 Å². The molecule has 1 aliphatic rings. The highest BCUT2D eigenvalue weighted by molar-refractivity contribution is 6.12. The Hall–Kier alpha value is -3.07. The van der Waals surface area contributed by atoms with Crippen LogP contribution >= 0.6 is 0 Å². The SMILES string of the molecule is CCc1ccc(N2C(=O)c3ccccc3N[C@@H]2c2ccccc2)cc1. The number of anilines is 2. The second-order valence-corrected chi connectivity index (χ2v) is 6.20. The fraction of sp³-hybridized carbons (Fsp3) is 0.136. The first-order valence-electron chi connectivity index (χ1n) is 8.61. The summed E-state index contributed by atoms with van der Waals surface area (Å²) in [5.41, 5.74) is 4.80. The van der Waals surface area contributed by atoms with E-state index in [0.717, 1.165) is 23.4 Å². The Morgan fingerprint density at radius 1 is 0.880 bits per heavy atom. The fourth-order valence-electron chi connectivity index (χ4n) is 3.28. The summed E-state index contributed by atoms with van der Waals surface area (Å²) < 4.78 is 0. The van der Waals surface area contributed by atoms with Crippen molar-refractivity contribution in [3.63, 3.8) is 0 Å². The van der Waals surface area contributed by atoms with E-state index in [2.05, 4.69) is 24.4 Å². The molecule has 0 aliphatic carbocycles. The van der Waals surface area contributed by atoms with Gasteiger partial charge in [-0.3, -0.25) is 9.69 Å². The van der Waals surface area contributed by atoms with Crippen LogP contribution in [0.15, 0.2) is 78.9 Å². The number of amides is 1. The molecule has 3 heteroatoms. The van der Waals surface area contributed by atoms with Gasteiger partial charge < -0.3 is 5.32 Å². The van der Waals surface area contributed by atoms with Crippen LogP contribution < -0.4 is 10.2 Å². The number of aryl methyl sites for hydroxylation is 1. The highest BCUT2D eigenvalue weighted by Gasteiger charge is 2.33. The maximum Gasteiger partial charge on any atom is 0.262 e. The third-order valence-electron chi connectivity index (χ3n) is 4.66. The van der Waals surface area contributed by atoms with E-state index in [-0.39, 0.29) is 12.1 Å². The van der Waals surface area contributed by atoms with Crippen molar-refractivity contribution in [2.24, 2.45) is 0 Å². The predicted octanol–water partition coefficient (Wildman–Crippen LogP) is 5.02. The summed E-state index contributed by atoms with van der Waals surface area (Å²) in [6, 6.07) is 26.0. The van der Waals surface area contributed by atoms with Gasteiger partial charge >= 0.3 is 0 Å². The Bertz CT molecular complexity index is 887. The van der Waals surface area contributed by atoms with E-state index in [1.54, 1.807) is 0 Å². The lowest BCUT2D eigenvalue weighted by atomic mass is 10.0. The molecule has 1 N–H and O–H groups in total. The van der Waals surface area contributed by atoms with Gasteiger partial charge in [-0.15, -0.1) is 0 Å². The zero-order valence-corrected chi connectivity index (χ0v) is 14.1. The third kappa shape index (κ3) is 2.78. The minimum absolute atomic E-state index is 0.0208. The number of rotatable bonds is 3. The molecule has 3 nitrogen and oxygen atoms in total. The van der Waals surface area contributed by atoms with Gasteiger partial charge in [0.2, 0.25) is 0 Å². The van der Waals surface area contributed by atoms with E-state index >= 15 is 0 Å². The monoisotopic (exact) mass is 328 g/mol. The first kappa shape index (κ1) is 15.5. The van der Waals surface area contributed by atoms with E-state index in [9.17, 15) is 4.79 Å². The molecular formula is C22H20N2O. The smallest absolute Gasteiger partial charge is 0.262 e. The summed E-state index contributed by atoms with van der Waals surface area (Å²) >= 11 is 0. The number of nitrogens with one attached hydrogen (secondary N) is 1. The molecular weight excluding hydrogens is 308 g/mol. The fourth-order valence-corrected chi connectivity index (χ4v) is 3.28. The van der Waals surface area contributed by atoms with E-state index in [1.165, 1.54) is 5.56 Å². The van der Waals surface area contributed by atoms with Gasteiger partial charge in [-0.1, -0.05) is 61.5 Å². The van der Waals surface area contributed by atoms with Crippen LogP contribution in [0.3, 0.4) is 0 Å². The van der Waals surface area contributed by atoms with Crippen LogP contribution in [0.2, 0.25) is 0 Å². The van der Waals surface area contributed by atoms with Gasteiger partial charge in [0.15, 0.2) is 0 Å². The minimum atomic E-state index is -0.226. The van der Waals surface area contributed by atoms with E-state index < -0.39 is 0 Å². The highest BCUT2D eigenvalue weighted by Crippen LogP contribution is 2.36. The number of benzene rings is 3. The van der Waals surface area contributed by atoms with Crippen molar-refractivity contribution in [2.45, 2.75) is 19.5 Å². The van der Waals surface area contributed by atoms with Crippen molar-refractivity contribution in [2.75, 3.05) is 10.2 Å². The molecule has 0 unspecified atom stereocenters. The van der Waals surface area contributed by atoms with Crippen LogP contribution in [0.5, 0.6) is 0 Å². The van der Waals surface area contributed by atoms with Crippen molar-refractivity contribution in [1.29, 1.82) is 0 Å². The van der Waals surface area contributed by atoms with Gasteiger partial charge in [0.25, 0.3) is 5.91 Å². The van der Waals surface area contributed by atoms with Gasteiger partial charge in [-0.05, 0) is 41.8 Å². The van der Waals surface area contributed by atoms with Gasteiger partial charge in [-0.2, -0.15) is 0 Å². The average molecular weight is 328 g/mol. The molecule has 0 aromatic heterocycles. The lowest BCUT2D eigenvalue weighted by Gasteiger charge is -2.38. The molecule has 0 saturated heterocycles. The van der Waals surface area contributed by atoms with Gasteiger partial charge in [0.05, 0.1) is 5.56 Å². The second-order valence-electron chi connectivity index (χ2n) is 6.20. The third-order valence-corrected chi connectivity index (χ3v) is 4.66. The van der Waals surface area contributed by atoms with E-state index in [1.807, 2.05) is 71.6 Å². The van der Waals surface area contributed by atoms with E-state index in [0.29, 0.717) is 5.56 Å². The van der Waals surface area contributed by atoms with Gasteiger partial charge in [-0.25, -0.2) is 0 Å². The Labute approximate surface area is 147 Å². The van der Waals surface area contributed by atoms with E-state index in [4.69, 9.17) is 0 Å². The standard InChI is InChI=1S/C22H20N2O/c1-2-16-12-14-18(15-13-16)24-21(17-8-4-3-5-9-17)23-20-11-7-6-10-19(20)22(24)25/h3-15,21,23H,2H2,1H3/t21-/m0/s1. The number of fused-ring (bicyclic) bond motifs is 1. The zero-order valence-electron chi connectivity index (χ0n) is 14.1. The molecule has 0 spiro atoms. The Morgan fingerprint density at radius 3 is 2.28 bits per heavy atom. The number of carbonyl (C=O) groups is 1. The largest absolute Gasteiger partial charge is 0.360 e. The van der Waals surface area contributed by atoms with Crippen LogP contribution in [0, 0.1) is 0 Å². The van der Waals surface area contributed by atoms with Crippen LogP contribution in [0.25, 0.3) is 0 Å². The first-order valence-corrected chi connectivity index (χ1v) is 8.61. The molecule has 0 fully saturated rings. The predicted molar refractivity (Wildman–Crippen MR) is 102 cm³/mol. The molecule has 4 rings (SSSR count). The second kappa shape index (κ2) is 6.44. The molecule has 1 heterocycles. The summed E-state index contributed by atoms with van der Waals surface area (Å²) in [5.74, 6) is 0.0208. The summed E-state index contributed by atoms with van der Waals surface area (Å²) in [5, 5.41) is 3.53. The quantitative estimate of drug-likeness (QED) is 0.732. The van der Waals surface area contributed by atoms with Crippen molar-refractivity contribution >= 4 is 17.3 Å². The molecule has 124 valence electrons. The summed E-state index contributed by atoms with van der Waals surface area (Å²) in [6.07, 6.45) is 0.758. The van der Waals surface area contributed by atoms with Crippen molar-refractivity contribution < 1.29 is 4.79 Å². The summed E-state index contributed by atoms with van der Waals surface area (Å²) in [6.45, 7) is 2.13.